The van der Waals surface area contributed by atoms with Gasteiger partial charge in [-0.2, -0.15) is 0 Å². The molecule has 8 nitrogen and oxygen atoms in total. The van der Waals surface area contributed by atoms with Crippen molar-refractivity contribution < 1.29 is 4.79 Å². The molecule has 3 aromatic heterocycles. The van der Waals surface area contributed by atoms with Gasteiger partial charge in [0.15, 0.2) is 0 Å². The van der Waals surface area contributed by atoms with Crippen LogP contribution in [0.3, 0.4) is 0 Å². The number of hydrogen-bond acceptors (Lipinski definition) is 4. The summed E-state index contributed by atoms with van der Waals surface area (Å²) in [5.41, 5.74) is 0.772. The van der Waals surface area contributed by atoms with E-state index in [0.29, 0.717) is 17.0 Å². The molecule has 0 bridgehead atoms. The third kappa shape index (κ3) is 2.71. The largest absolute Gasteiger partial charge is 0.316 e. The van der Waals surface area contributed by atoms with Crippen LogP contribution >= 0.6 is 0 Å². The predicted octanol–water partition coefficient (Wildman–Crippen LogP) is 1.74. The first kappa shape index (κ1) is 17.5. The Morgan fingerprint density at radius 1 is 1.00 bits per heavy atom. The third-order valence-electron chi connectivity index (χ3n) is 4.65. The van der Waals surface area contributed by atoms with Gasteiger partial charge < -0.3 is 5.32 Å². The lowest BCUT2D eigenvalue weighted by atomic mass is 10.3. The standard InChI is InChI=1S/C20H17N5O3/c1-13-17(20(28)25(23(13)2)14-8-4-3-5-9-14)22-18(26)15-12-21-16-10-6-7-11-24(16)19(15)27/h3-12H,1-2H3,(H,22,26). The number of carbonyl (C=O) groups is 1. The first-order valence-electron chi connectivity index (χ1n) is 8.61. The Morgan fingerprint density at radius 2 is 1.71 bits per heavy atom. The Kier molecular flexibility index (Phi) is 4.15. The molecule has 8 heteroatoms. The number of nitrogens with zero attached hydrogens (tertiary/aromatic N) is 4. The van der Waals surface area contributed by atoms with E-state index in [1.54, 1.807) is 49.0 Å². The van der Waals surface area contributed by atoms with Crippen molar-refractivity contribution in [3.63, 3.8) is 0 Å². The zero-order valence-corrected chi connectivity index (χ0v) is 15.3. The van der Waals surface area contributed by atoms with Crippen LogP contribution in [-0.2, 0) is 7.05 Å². The van der Waals surface area contributed by atoms with Gasteiger partial charge in [-0.25, -0.2) is 9.67 Å². The molecule has 0 fully saturated rings. The summed E-state index contributed by atoms with van der Waals surface area (Å²) < 4.78 is 4.39. The maximum absolute atomic E-state index is 12.9. The van der Waals surface area contributed by atoms with E-state index in [1.165, 1.54) is 21.5 Å². The number of fused-ring (bicyclic) bond motifs is 1. The Morgan fingerprint density at radius 3 is 2.46 bits per heavy atom. The summed E-state index contributed by atoms with van der Waals surface area (Å²) in [6.45, 7) is 1.72. The summed E-state index contributed by atoms with van der Waals surface area (Å²) in [6, 6.07) is 14.2. The number of carbonyl (C=O) groups excluding carboxylic acids is 1. The SMILES string of the molecule is Cc1c(NC(=O)c2cnc3ccccn3c2=O)c(=O)n(-c2ccccc2)n1C. The molecule has 0 spiro atoms. The van der Waals surface area contributed by atoms with Crippen LogP contribution < -0.4 is 16.4 Å². The zero-order valence-electron chi connectivity index (χ0n) is 15.3. The van der Waals surface area contributed by atoms with E-state index in [4.69, 9.17) is 0 Å². The maximum Gasteiger partial charge on any atom is 0.295 e. The van der Waals surface area contributed by atoms with Crippen LogP contribution in [0.2, 0.25) is 0 Å². The molecule has 0 saturated carbocycles. The van der Waals surface area contributed by atoms with Crippen LogP contribution in [-0.4, -0.2) is 24.7 Å². The van der Waals surface area contributed by atoms with Gasteiger partial charge in [0.2, 0.25) is 0 Å². The Hall–Kier alpha value is -3.94. The molecule has 0 aliphatic carbocycles. The molecule has 3 heterocycles. The van der Waals surface area contributed by atoms with Crippen LogP contribution in [0.4, 0.5) is 5.69 Å². The van der Waals surface area contributed by atoms with Crippen molar-refractivity contribution in [3.8, 4) is 5.69 Å². The number of rotatable bonds is 3. The van der Waals surface area contributed by atoms with Gasteiger partial charge in [0, 0.05) is 19.4 Å². The highest BCUT2D eigenvalue weighted by Crippen LogP contribution is 2.14. The fraction of sp³-hybridized carbons (Fsp3) is 0.100. The first-order chi connectivity index (χ1) is 13.5. The van der Waals surface area contributed by atoms with Gasteiger partial charge in [0.05, 0.1) is 11.4 Å². The van der Waals surface area contributed by atoms with Crippen molar-refractivity contribution in [1.82, 2.24) is 18.7 Å². The van der Waals surface area contributed by atoms with E-state index in [1.807, 2.05) is 18.2 Å². The van der Waals surface area contributed by atoms with Gasteiger partial charge in [-0.15, -0.1) is 0 Å². The minimum atomic E-state index is -0.679. The molecule has 0 aliphatic heterocycles. The number of amides is 1. The molecule has 0 saturated heterocycles. The van der Waals surface area contributed by atoms with Gasteiger partial charge >= 0.3 is 0 Å². The van der Waals surface area contributed by atoms with Crippen molar-refractivity contribution >= 4 is 17.2 Å². The fourth-order valence-electron chi connectivity index (χ4n) is 3.08. The molecule has 1 amide bonds. The molecule has 0 aliphatic rings. The summed E-state index contributed by atoms with van der Waals surface area (Å²) in [6.07, 6.45) is 2.76. The molecule has 140 valence electrons. The van der Waals surface area contributed by atoms with Gasteiger partial charge in [-0.3, -0.25) is 23.5 Å². The van der Waals surface area contributed by atoms with Crippen LogP contribution in [0, 0.1) is 6.92 Å². The molecule has 0 atom stereocenters. The lowest BCUT2D eigenvalue weighted by Crippen LogP contribution is -2.28. The molecule has 1 aromatic carbocycles. The van der Waals surface area contributed by atoms with E-state index >= 15 is 0 Å². The summed E-state index contributed by atoms with van der Waals surface area (Å²) in [7, 11) is 1.73. The van der Waals surface area contributed by atoms with Crippen LogP contribution in [0.5, 0.6) is 0 Å². The average Bonchev–Trinajstić information content (AvgIpc) is 2.92. The van der Waals surface area contributed by atoms with E-state index in [0.717, 1.165) is 0 Å². The first-order valence-corrected chi connectivity index (χ1v) is 8.61. The van der Waals surface area contributed by atoms with Gasteiger partial charge in [0.25, 0.3) is 17.0 Å². The summed E-state index contributed by atoms with van der Waals surface area (Å²) >= 11 is 0. The van der Waals surface area contributed by atoms with Crippen molar-refractivity contribution in [2.24, 2.45) is 7.05 Å². The highest BCUT2D eigenvalue weighted by molar-refractivity contribution is 6.04. The fourth-order valence-corrected chi connectivity index (χ4v) is 3.08. The number of hydrogen-bond donors (Lipinski definition) is 1. The molecule has 28 heavy (non-hydrogen) atoms. The highest BCUT2D eigenvalue weighted by atomic mass is 16.2. The third-order valence-corrected chi connectivity index (χ3v) is 4.65. The van der Waals surface area contributed by atoms with Crippen LogP contribution in [0.15, 0.2) is 70.5 Å². The van der Waals surface area contributed by atoms with Crippen molar-refractivity contribution in [2.45, 2.75) is 6.92 Å². The van der Waals surface area contributed by atoms with Gasteiger partial charge in [-0.05, 0) is 31.2 Å². The van der Waals surface area contributed by atoms with Crippen LogP contribution in [0.25, 0.3) is 11.3 Å². The van der Waals surface area contributed by atoms with Gasteiger partial charge in [-0.1, -0.05) is 24.3 Å². The number of nitrogens with one attached hydrogen (secondary N) is 1. The van der Waals surface area contributed by atoms with Crippen molar-refractivity contribution in [1.29, 1.82) is 0 Å². The van der Waals surface area contributed by atoms with Crippen molar-refractivity contribution in [2.75, 3.05) is 5.32 Å². The lowest BCUT2D eigenvalue weighted by Gasteiger charge is -2.07. The molecule has 1 N–H and O–H groups in total. The summed E-state index contributed by atoms with van der Waals surface area (Å²) in [4.78, 5) is 42.4. The molecular formula is C20H17N5O3. The topological polar surface area (TPSA) is 90.4 Å². The lowest BCUT2D eigenvalue weighted by molar-refractivity contribution is 0.102. The predicted molar refractivity (Wildman–Crippen MR) is 105 cm³/mol. The van der Waals surface area contributed by atoms with Crippen molar-refractivity contribution in [3.05, 3.63) is 92.9 Å². The monoisotopic (exact) mass is 375 g/mol. The quantitative estimate of drug-likeness (QED) is 0.591. The Bertz CT molecular complexity index is 1320. The Balaban J connectivity index is 1.77. The van der Waals surface area contributed by atoms with E-state index < -0.39 is 11.5 Å². The van der Waals surface area contributed by atoms with E-state index in [2.05, 4.69) is 10.3 Å². The summed E-state index contributed by atoms with van der Waals surface area (Å²) in [5, 5.41) is 2.58. The van der Waals surface area contributed by atoms with E-state index in [9.17, 15) is 14.4 Å². The van der Waals surface area contributed by atoms with E-state index in [-0.39, 0.29) is 16.8 Å². The number of para-hydroxylation sites is 1. The average molecular weight is 375 g/mol. The second kappa shape index (κ2) is 6.66. The molecular weight excluding hydrogens is 358 g/mol. The zero-order chi connectivity index (χ0) is 19.8. The number of anilines is 1. The molecule has 4 rings (SSSR count). The smallest absolute Gasteiger partial charge is 0.295 e. The molecule has 4 aromatic rings. The Labute approximate surface area is 159 Å². The second-order valence-corrected chi connectivity index (χ2v) is 6.30. The minimum absolute atomic E-state index is 0.119. The van der Waals surface area contributed by atoms with Gasteiger partial charge in [0.1, 0.15) is 16.9 Å². The second-order valence-electron chi connectivity index (χ2n) is 6.30. The van der Waals surface area contributed by atoms with Crippen LogP contribution in [0.1, 0.15) is 16.1 Å². The molecule has 0 unspecified atom stereocenters. The number of aromatic nitrogens is 4. The number of benzene rings is 1. The highest BCUT2D eigenvalue weighted by Gasteiger charge is 2.20. The minimum Gasteiger partial charge on any atom is -0.316 e. The summed E-state index contributed by atoms with van der Waals surface area (Å²) in [5.74, 6) is -0.679. The maximum atomic E-state index is 12.9. The number of pyridine rings is 1. The molecule has 0 radical (unpaired) electrons. The normalized spacial score (nSPS) is 10.9.